The van der Waals surface area contributed by atoms with Gasteiger partial charge in [-0.25, -0.2) is 0 Å². The Morgan fingerprint density at radius 1 is 1.40 bits per heavy atom. The molecule has 4 nitrogen and oxygen atoms in total. The average molecular weight is 196 g/mol. The SMILES string of the molecule is Cc1cn2cc(C(=O)[O-])cc2c(C)n1.[Li+]. The summed E-state index contributed by atoms with van der Waals surface area (Å²) in [5, 5.41) is 10.6. The molecule has 0 amide bonds. The first-order chi connectivity index (χ1) is 6.58. The van der Waals surface area contributed by atoms with Crippen molar-refractivity contribution >= 4 is 11.5 Å². The number of aryl methyl sites for hydroxylation is 2. The number of hydrogen-bond donors (Lipinski definition) is 0. The zero-order valence-corrected chi connectivity index (χ0v) is 8.94. The molecule has 5 heteroatoms. The van der Waals surface area contributed by atoms with Crippen LogP contribution in [0.25, 0.3) is 5.52 Å². The third kappa shape index (κ3) is 2.06. The molecule has 2 rings (SSSR count). The van der Waals surface area contributed by atoms with Gasteiger partial charge >= 0.3 is 18.9 Å². The van der Waals surface area contributed by atoms with Crippen LogP contribution in [0, 0.1) is 13.8 Å². The van der Waals surface area contributed by atoms with Gasteiger partial charge in [-0.2, -0.15) is 0 Å². The molecule has 0 unspecified atom stereocenters. The minimum atomic E-state index is -1.16. The Morgan fingerprint density at radius 3 is 2.67 bits per heavy atom. The second-order valence-electron chi connectivity index (χ2n) is 3.28. The number of carbonyl (C=O) groups excluding carboxylic acids is 1. The van der Waals surface area contributed by atoms with E-state index >= 15 is 0 Å². The molecule has 0 aliphatic carbocycles. The standard InChI is InChI=1S/C10H10N2O2.Li/c1-6-4-12-5-8(10(13)14)3-9(12)7(2)11-6;/h3-5H,1-2H3,(H,13,14);/q;+1/p-1. The summed E-state index contributed by atoms with van der Waals surface area (Å²) in [6, 6.07) is 1.57. The van der Waals surface area contributed by atoms with Crippen molar-refractivity contribution in [1.29, 1.82) is 0 Å². The molecule has 72 valence electrons. The summed E-state index contributed by atoms with van der Waals surface area (Å²) in [7, 11) is 0. The molecule has 0 saturated carbocycles. The third-order valence-electron chi connectivity index (χ3n) is 2.12. The maximum Gasteiger partial charge on any atom is 1.00 e. The molecule has 0 radical (unpaired) electrons. The fourth-order valence-electron chi connectivity index (χ4n) is 1.54. The topological polar surface area (TPSA) is 57.4 Å². The number of aromatic carboxylic acids is 1. The van der Waals surface area contributed by atoms with Crippen molar-refractivity contribution in [3.8, 4) is 0 Å². The van der Waals surface area contributed by atoms with E-state index in [4.69, 9.17) is 0 Å². The average Bonchev–Trinajstić information content (AvgIpc) is 2.47. The molecule has 2 aromatic heterocycles. The van der Waals surface area contributed by atoms with Gasteiger partial charge in [0.05, 0.1) is 22.9 Å². The number of nitrogens with zero attached hydrogens (tertiary/aromatic N) is 2. The Morgan fingerprint density at radius 2 is 2.07 bits per heavy atom. The number of carboxylic acids is 1. The van der Waals surface area contributed by atoms with Crippen LogP contribution >= 0.6 is 0 Å². The smallest absolute Gasteiger partial charge is 0.545 e. The van der Waals surface area contributed by atoms with Crippen molar-refractivity contribution in [1.82, 2.24) is 9.38 Å². The molecule has 0 spiro atoms. The molecule has 0 fully saturated rings. The summed E-state index contributed by atoms with van der Waals surface area (Å²) in [6.07, 6.45) is 3.32. The Hall–Kier alpha value is -1.24. The van der Waals surface area contributed by atoms with Crippen LogP contribution in [0.15, 0.2) is 18.5 Å². The minimum absolute atomic E-state index is 0. The van der Waals surface area contributed by atoms with Gasteiger partial charge in [0.25, 0.3) is 0 Å². The number of hydrogen-bond acceptors (Lipinski definition) is 3. The van der Waals surface area contributed by atoms with Gasteiger partial charge in [0, 0.05) is 18.0 Å². The minimum Gasteiger partial charge on any atom is -0.545 e. The van der Waals surface area contributed by atoms with E-state index in [2.05, 4.69) is 4.98 Å². The maximum absolute atomic E-state index is 10.6. The van der Waals surface area contributed by atoms with Gasteiger partial charge in [0.2, 0.25) is 0 Å². The van der Waals surface area contributed by atoms with Crippen molar-refractivity contribution in [3.05, 3.63) is 35.4 Å². The predicted molar refractivity (Wildman–Crippen MR) is 49.0 cm³/mol. The summed E-state index contributed by atoms with van der Waals surface area (Å²) >= 11 is 0. The summed E-state index contributed by atoms with van der Waals surface area (Å²) in [4.78, 5) is 14.9. The summed E-state index contributed by atoms with van der Waals surface area (Å²) in [5.74, 6) is -1.16. The van der Waals surface area contributed by atoms with E-state index in [-0.39, 0.29) is 24.4 Å². The van der Waals surface area contributed by atoms with Crippen LogP contribution < -0.4 is 24.0 Å². The molecule has 0 atom stereocenters. The molecular weight excluding hydrogens is 187 g/mol. The van der Waals surface area contributed by atoms with Gasteiger partial charge in [-0.1, -0.05) is 0 Å². The summed E-state index contributed by atoms with van der Waals surface area (Å²) in [6.45, 7) is 3.71. The van der Waals surface area contributed by atoms with Gasteiger partial charge < -0.3 is 14.3 Å². The van der Waals surface area contributed by atoms with Gasteiger partial charge in [0.15, 0.2) is 0 Å². The van der Waals surface area contributed by atoms with Crippen LogP contribution in [0.4, 0.5) is 0 Å². The van der Waals surface area contributed by atoms with Crippen LogP contribution in [-0.4, -0.2) is 15.4 Å². The van der Waals surface area contributed by atoms with E-state index in [1.54, 1.807) is 16.7 Å². The second-order valence-corrected chi connectivity index (χ2v) is 3.28. The van der Waals surface area contributed by atoms with E-state index in [0.717, 1.165) is 16.9 Å². The Bertz CT molecular complexity index is 519. The van der Waals surface area contributed by atoms with Crippen molar-refractivity contribution in [2.24, 2.45) is 0 Å². The molecule has 0 aromatic carbocycles. The number of carboxylic acid groups (broad SMARTS) is 1. The first-order valence-electron chi connectivity index (χ1n) is 4.25. The quantitative estimate of drug-likeness (QED) is 0.467. The van der Waals surface area contributed by atoms with Crippen LogP contribution in [0.2, 0.25) is 0 Å². The fourth-order valence-corrected chi connectivity index (χ4v) is 1.54. The summed E-state index contributed by atoms with van der Waals surface area (Å²) < 4.78 is 1.75. The van der Waals surface area contributed by atoms with Crippen LogP contribution in [0.3, 0.4) is 0 Å². The monoisotopic (exact) mass is 196 g/mol. The van der Waals surface area contributed by atoms with Crippen LogP contribution in [0.1, 0.15) is 21.7 Å². The Kier molecular flexibility index (Phi) is 3.23. The van der Waals surface area contributed by atoms with Gasteiger partial charge in [-0.15, -0.1) is 0 Å². The van der Waals surface area contributed by atoms with Gasteiger partial charge in [-0.05, 0) is 19.9 Å². The van der Waals surface area contributed by atoms with Crippen molar-refractivity contribution < 1.29 is 28.8 Å². The van der Waals surface area contributed by atoms with Crippen LogP contribution in [0.5, 0.6) is 0 Å². The number of carbonyl (C=O) groups is 1. The summed E-state index contributed by atoms with van der Waals surface area (Å²) in [5.41, 5.74) is 2.66. The molecule has 0 bridgehead atoms. The number of fused-ring (bicyclic) bond motifs is 1. The molecule has 2 heterocycles. The number of rotatable bonds is 1. The molecule has 2 aromatic rings. The van der Waals surface area contributed by atoms with E-state index in [1.165, 1.54) is 6.20 Å². The van der Waals surface area contributed by atoms with E-state index < -0.39 is 5.97 Å². The normalized spacial score (nSPS) is 10.0. The molecule has 0 aliphatic heterocycles. The Balaban J connectivity index is 0.00000112. The largest absolute Gasteiger partial charge is 1.00 e. The zero-order chi connectivity index (χ0) is 10.3. The third-order valence-corrected chi connectivity index (χ3v) is 2.12. The fraction of sp³-hybridized carbons (Fsp3) is 0.200. The Labute approximate surface area is 99.1 Å². The first kappa shape index (κ1) is 11.8. The molecule has 0 saturated heterocycles. The molecule has 15 heavy (non-hydrogen) atoms. The molecular formula is C10H9LiN2O2. The van der Waals surface area contributed by atoms with Crippen molar-refractivity contribution in [2.45, 2.75) is 13.8 Å². The van der Waals surface area contributed by atoms with E-state index in [9.17, 15) is 9.90 Å². The van der Waals surface area contributed by atoms with Crippen molar-refractivity contribution in [2.75, 3.05) is 0 Å². The van der Waals surface area contributed by atoms with Crippen molar-refractivity contribution in [3.63, 3.8) is 0 Å². The van der Waals surface area contributed by atoms with Crippen LogP contribution in [-0.2, 0) is 0 Å². The van der Waals surface area contributed by atoms with Gasteiger partial charge in [-0.3, -0.25) is 4.98 Å². The molecule has 0 aliphatic rings. The molecule has 0 N–H and O–H groups in total. The zero-order valence-electron chi connectivity index (χ0n) is 8.94. The first-order valence-corrected chi connectivity index (χ1v) is 4.25. The predicted octanol–water partition coefficient (Wildman–Crippen LogP) is -2.68. The van der Waals surface area contributed by atoms with Gasteiger partial charge in [0.1, 0.15) is 0 Å². The maximum atomic E-state index is 10.6. The number of aromatic nitrogens is 2. The van der Waals surface area contributed by atoms with E-state index in [1.807, 2.05) is 13.8 Å². The second kappa shape index (κ2) is 4.09. The van der Waals surface area contributed by atoms with E-state index in [0.29, 0.717) is 0 Å².